The van der Waals surface area contributed by atoms with Crippen LogP contribution in [0.15, 0.2) is 60.7 Å². The van der Waals surface area contributed by atoms with Crippen molar-refractivity contribution in [2.24, 2.45) is 0 Å². The van der Waals surface area contributed by atoms with Gasteiger partial charge in [0.25, 0.3) is 0 Å². The third kappa shape index (κ3) is 4.56. The second-order valence-corrected chi connectivity index (χ2v) is 7.12. The van der Waals surface area contributed by atoms with E-state index in [2.05, 4.69) is 25.9 Å². The minimum atomic E-state index is -0.551. The summed E-state index contributed by atoms with van der Waals surface area (Å²) in [6.45, 7) is 5.95. The van der Waals surface area contributed by atoms with Gasteiger partial charge in [0.1, 0.15) is 11.6 Å². The third-order valence-corrected chi connectivity index (χ3v) is 4.95. The molecule has 0 atom stereocenters. The molecule has 4 rings (SSSR count). The SMILES string of the molecule is Cc1nn(-c2ccc(Oc3ccc(NC(=O)Nc4ccccc4F)cc3)nn2)c(C)c1C. The number of urea groups is 1. The van der Waals surface area contributed by atoms with Gasteiger partial charge in [0.2, 0.25) is 5.88 Å². The number of hydrogen-bond donors (Lipinski definition) is 2. The lowest BCUT2D eigenvalue weighted by molar-refractivity contribution is 0.262. The van der Waals surface area contributed by atoms with E-state index in [1.807, 2.05) is 20.8 Å². The summed E-state index contributed by atoms with van der Waals surface area (Å²) in [7, 11) is 0. The van der Waals surface area contributed by atoms with Gasteiger partial charge < -0.3 is 15.4 Å². The molecule has 2 aromatic heterocycles. The van der Waals surface area contributed by atoms with Crippen molar-refractivity contribution in [3.05, 3.63) is 83.4 Å². The predicted octanol–water partition coefficient (Wildman–Crippen LogP) is 5.16. The molecule has 2 N–H and O–H groups in total. The molecule has 2 aromatic carbocycles. The van der Waals surface area contributed by atoms with Crippen LogP contribution in [0, 0.1) is 26.6 Å². The first-order valence-electron chi connectivity index (χ1n) is 9.88. The number of carbonyl (C=O) groups is 1. The number of ether oxygens (including phenoxy) is 1. The molecule has 162 valence electrons. The maximum absolute atomic E-state index is 13.6. The van der Waals surface area contributed by atoms with Crippen molar-refractivity contribution < 1.29 is 13.9 Å². The summed E-state index contributed by atoms with van der Waals surface area (Å²) in [4.78, 5) is 12.1. The fourth-order valence-corrected chi connectivity index (χ4v) is 3.00. The van der Waals surface area contributed by atoms with E-state index in [4.69, 9.17) is 4.74 Å². The van der Waals surface area contributed by atoms with Gasteiger partial charge in [-0.3, -0.25) is 0 Å². The molecule has 2 amide bonds. The van der Waals surface area contributed by atoms with Gasteiger partial charge >= 0.3 is 6.03 Å². The van der Waals surface area contributed by atoms with Crippen molar-refractivity contribution in [1.82, 2.24) is 20.0 Å². The van der Waals surface area contributed by atoms with Crippen LogP contribution in [0.5, 0.6) is 11.6 Å². The van der Waals surface area contributed by atoms with Gasteiger partial charge in [0, 0.05) is 17.4 Å². The minimum Gasteiger partial charge on any atom is -0.438 e. The number of para-hydroxylation sites is 1. The molecule has 0 fully saturated rings. The van der Waals surface area contributed by atoms with Crippen LogP contribution in [-0.4, -0.2) is 26.0 Å². The van der Waals surface area contributed by atoms with Crippen LogP contribution in [0.25, 0.3) is 5.82 Å². The van der Waals surface area contributed by atoms with Gasteiger partial charge in [-0.05, 0) is 68.8 Å². The van der Waals surface area contributed by atoms with E-state index in [9.17, 15) is 9.18 Å². The topological polar surface area (TPSA) is 94.0 Å². The fourth-order valence-electron chi connectivity index (χ4n) is 3.00. The average Bonchev–Trinajstić information content (AvgIpc) is 3.04. The second kappa shape index (κ2) is 8.84. The number of nitrogens with zero attached hydrogens (tertiary/aromatic N) is 4. The van der Waals surface area contributed by atoms with Gasteiger partial charge in [0.05, 0.1) is 11.4 Å². The van der Waals surface area contributed by atoms with E-state index in [1.165, 1.54) is 12.1 Å². The number of hydrogen-bond acceptors (Lipinski definition) is 5. The van der Waals surface area contributed by atoms with E-state index in [0.29, 0.717) is 23.1 Å². The van der Waals surface area contributed by atoms with Crippen LogP contribution in [0.4, 0.5) is 20.6 Å². The Labute approximate surface area is 184 Å². The molecule has 0 unspecified atom stereocenters. The summed E-state index contributed by atoms with van der Waals surface area (Å²) in [5, 5.41) is 17.9. The first-order chi connectivity index (χ1) is 15.4. The number of rotatable bonds is 5. The second-order valence-electron chi connectivity index (χ2n) is 7.12. The Morgan fingerprint density at radius 2 is 1.69 bits per heavy atom. The Balaban J connectivity index is 1.37. The number of anilines is 2. The summed E-state index contributed by atoms with van der Waals surface area (Å²) in [6.07, 6.45) is 0. The zero-order valence-corrected chi connectivity index (χ0v) is 17.8. The molecule has 4 aromatic rings. The summed E-state index contributed by atoms with van der Waals surface area (Å²) in [6, 6.07) is 15.6. The number of nitrogens with one attached hydrogen (secondary N) is 2. The Morgan fingerprint density at radius 3 is 2.31 bits per heavy atom. The summed E-state index contributed by atoms with van der Waals surface area (Å²) < 4.78 is 21.1. The Kier molecular flexibility index (Phi) is 5.80. The number of halogens is 1. The quantitative estimate of drug-likeness (QED) is 0.454. The van der Waals surface area contributed by atoms with Crippen molar-refractivity contribution in [3.63, 3.8) is 0 Å². The van der Waals surface area contributed by atoms with E-state index in [-0.39, 0.29) is 5.69 Å². The molecule has 2 heterocycles. The molecule has 9 heteroatoms. The van der Waals surface area contributed by atoms with Crippen molar-refractivity contribution >= 4 is 17.4 Å². The summed E-state index contributed by atoms with van der Waals surface area (Å²) in [5.41, 5.74) is 3.69. The van der Waals surface area contributed by atoms with Crippen molar-refractivity contribution in [2.45, 2.75) is 20.8 Å². The van der Waals surface area contributed by atoms with Crippen LogP contribution < -0.4 is 15.4 Å². The molecule has 8 nitrogen and oxygen atoms in total. The highest BCUT2D eigenvalue weighted by Gasteiger charge is 2.11. The lowest BCUT2D eigenvalue weighted by Crippen LogP contribution is -2.20. The first-order valence-corrected chi connectivity index (χ1v) is 9.88. The Bertz CT molecular complexity index is 1250. The van der Waals surface area contributed by atoms with Gasteiger partial charge in [0.15, 0.2) is 5.82 Å². The van der Waals surface area contributed by atoms with Gasteiger partial charge in [-0.2, -0.15) is 5.10 Å². The number of aromatic nitrogens is 4. The minimum absolute atomic E-state index is 0.0996. The largest absolute Gasteiger partial charge is 0.438 e. The number of aryl methyl sites for hydroxylation is 1. The molecule has 0 aliphatic heterocycles. The van der Waals surface area contributed by atoms with Crippen LogP contribution >= 0.6 is 0 Å². The summed E-state index contributed by atoms with van der Waals surface area (Å²) in [5.74, 6) is 0.942. The Hall–Kier alpha value is -4.27. The molecular weight excluding hydrogens is 411 g/mol. The molecular formula is C23H21FN6O2. The first kappa shape index (κ1) is 21.0. The number of amides is 2. The molecule has 0 radical (unpaired) electrons. The van der Waals surface area contributed by atoms with Crippen LogP contribution in [0.3, 0.4) is 0 Å². The zero-order valence-electron chi connectivity index (χ0n) is 17.8. The highest BCUT2D eigenvalue weighted by molar-refractivity contribution is 5.99. The van der Waals surface area contributed by atoms with Crippen molar-refractivity contribution in [2.75, 3.05) is 10.6 Å². The molecule has 0 bridgehead atoms. The maximum atomic E-state index is 13.6. The lowest BCUT2D eigenvalue weighted by atomic mass is 10.2. The van der Waals surface area contributed by atoms with Crippen molar-refractivity contribution in [3.8, 4) is 17.4 Å². The van der Waals surface area contributed by atoms with E-state index in [1.54, 1.807) is 53.2 Å². The van der Waals surface area contributed by atoms with E-state index in [0.717, 1.165) is 17.0 Å². The third-order valence-electron chi connectivity index (χ3n) is 4.95. The standard InChI is InChI=1S/C23H21FN6O2/c1-14-15(2)29-30(16(14)3)21-12-13-22(28-27-21)32-18-10-8-17(9-11-18)25-23(31)26-20-7-5-4-6-19(20)24/h4-13H,1-3H3,(H2,25,26,31). The van der Waals surface area contributed by atoms with Crippen molar-refractivity contribution in [1.29, 1.82) is 0 Å². The lowest BCUT2D eigenvalue weighted by Gasteiger charge is -2.09. The fraction of sp³-hybridized carbons (Fsp3) is 0.130. The van der Waals surface area contributed by atoms with Gasteiger partial charge in [-0.15, -0.1) is 10.2 Å². The highest BCUT2D eigenvalue weighted by Crippen LogP contribution is 2.22. The predicted molar refractivity (Wildman–Crippen MR) is 119 cm³/mol. The van der Waals surface area contributed by atoms with Crippen LogP contribution in [-0.2, 0) is 0 Å². The summed E-state index contributed by atoms with van der Waals surface area (Å²) >= 11 is 0. The molecule has 0 saturated heterocycles. The van der Waals surface area contributed by atoms with Crippen LogP contribution in [0.2, 0.25) is 0 Å². The van der Waals surface area contributed by atoms with Gasteiger partial charge in [-0.25, -0.2) is 13.9 Å². The molecule has 0 aliphatic rings. The monoisotopic (exact) mass is 432 g/mol. The average molecular weight is 432 g/mol. The zero-order chi connectivity index (χ0) is 22.7. The molecule has 0 spiro atoms. The molecule has 32 heavy (non-hydrogen) atoms. The maximum Gasteiger partial charge on any atom is 0.323 e. The normalized spacial score (nSPS) is 10.6. The van der Waals surface area contributed by atoms with Crippen LogP contribution in [0.1, 0.15) is 17.0 Å². The molecule has 0 aliphatic carbocycles. The number of carbonyl (C=O) groups excluding carboxylic acids is 1. The van der Waals surface area contributed by atoms with E-state index < -0.39 is 11.8 Å². The highest BCUT2D eigenvalue weighted by atomic mass is 19.1. The smallest absolute Gasteiger partial charge is 0.323 e. The van der Waals surface area contributed by atoms with Gasteiger partial charge in [-0.1, -0.05) is 12.1 Å². The Morgan fingerprint density at radius 1 is 0.938 bits per heavy atom. The number of benzene rings is 2. The van der Waals surface area contributed by atoms with E-state index >= 15 is 0 Å². The molecule has 0 saturated carbocycles.